The van der Waals surface area contributed by atoms with Crippen LogP contribution in [0.5, 0.6) is 0 Å². The lowest BCUT2D eigenvalue weighted by Gasteiger charge is -1.90. The fourth-order valence-electron chi connectivity index (χ4n) is 1.99. The van der Waals surface area contributed by atoms with Crippen LogP contribution in [0, 0.1) is 0 Å². The summed E-state index contributed by atoms with van der Waals surface area (Å²) in [5, 5.41) is 2.74. The normalized spacial score (nSPS) is 11.5. The molecular formula is C16H10N4OS. The van der Waals surface area contributed by atoms with Crippen molar-refractivity contribution >= 4 is 34.6 Å². The Morgan fingerprint density at radius 3 is 2.68 bits per heavy atom. The molecule has 4 rings (SSSR count). The van der Waals surface area contributed by atoms with E-state index in [9.17, 15) is 0 Å². The number of nitrogens with zero attached hydrogens (tertiary/aromatic N) is 4. The van der Waals surface area contributed by atoms with Crippen LogP contribution in [0.2, 0.25) is 0 Å². The van der Waals surface area contributed by atoms with E-state index in [1.807, 2.05) is 41.8 Å². The van der Waals surface area contributed by atoms with Crippen molar-refractivity contribution in [1.82, 2.24) is 19.9 Å². The Morgan fingerprint density at radius 1 is 0.955 bits per heavy atom. The van der Waals surface area contributed by atoms with Crippen molar-refractivity contribution in [3.05, 3.63) is 59.7 Å². The second-order valence-electron chi connectivity index (χ2n) is 4.50. The zero-order chi connectivity index (χ0) is 14.8. The van der Waals surface area contributed by atoms with Gasteiger partial charge in [0.15, 0.2) is 16.4 Å². The summed E-state index contributed by atoms with van der Waals surface area (Å²) >= 11 is 1.50. The van der Waals surface area contributed by atoms with Crippen LogP contribution in [0.15, 0.2) is 52.5 Å². The molecule has 0 aliphatic carbocycles. The van der Waals surface area contributed by atoms with Crippen LogP contribution in [0.25, 0.3) is 34.1 Å². The van der Waals surface area contributed by atoms with E-state index in [0.717, 1.165) is 21.8 Å². The van der Waals surface area contributed by atoms with Gasteiger partial charge in [-0.3, -0.25) is 0 Å². The van der Waals surface area contributed by atoms with Gasteiger partial charge in [0.2, 0.25) is 5.89 Å². The smallest absolute Gasteiger partial charge is 0.220 e. The zero-order valence-corrected chi connectivity index (χ0v) is 12.2. The average molecular weight is 306 g/mol. The molecule has 0 saturated heterocycles. The highest BCUT2D eigenvalue weighted by molar-refractivity contribution is 7.13. The molecule has 22 heavy (non-hydrogen) atoms. The van der Waals surface area contributed by atoms with Gasteiger partial charge in [-0.1, -0.05) is 12.1 Å². The second kappa shape index (κ2) is 5.50. The SMILES string of the molecule is C(=C\c1nc2ccccc2o1)/c1csc(-c2ncccn2)n1. The topological polar surface area (TPSA) is 64.7 Å². The third kappa shape index (κ3) is 2.51. The van der Waals surface area contributed by atoms with Crippen molar-refractivity contribution in [1.29, 1.82) is 0 Å². The summed E-state index contributed by atoms with van der Waals surface area (Å²) in [5.41, 5.74) is 2.45. The lowest BCUT2D eigenvalue weighted by atomic mass is 10.3. The standard InChI is InChI=1S/C16H10N4OS/c1-2-5-13-12(4-1)20-14(21-13)7-6-11-10-22-16(19-11)15-17-8-3-9-18-15/h1-10H/b7-6+. The minimum atomic E-state index is 0.562. The molecule has 0 unspecified atom stereocenters. The van der Waals surface area contributed by atoms with E-state index < -0.39 is 0 Å². The molecule has 0 atom stereocenters. The van der Waals surface area contributed by atoms with E-state index in [1.165, 1.54) is 11.3 Å². The Labute approximate surface area is 130 Å². The van der Waals surface area contributed by atoms with Gasteiger partial charge >= 0.3 is 0 Å². The zero-order valence-electron chi connectivity index (χ0n) is 11.4. The summed E-state index contributed by atoms with van der Waals surface area (Å²) in [6.45, 7) is 0. The molecule has 0 radical (unpaired) electrons. The molecule has 0 fully saturated rings. The van der Waals surface area contributed by atoms with Gasteiger partial charge < -0.3 is 4.42 Å². The maximum absolute atomic E-state index is 5.63. The number of aromatic nitrogens is 4. The molecule has 0 aliphatic heterocycles. The van der Waals surface area contributed by atoms with Gasteiger partial charge in [0.25, 0.3) is 0 Å². The van der Waals surface area contributed by atoms with Gasteiger partial charge in [-0.25, -0.2) is 19.9 Å². The van der Waals surface area contributed by atoms with Gasteiger partial charge in [-0.2, -0.15) is 0 Å². The highest BCUT2D eigenvalue weighted by atomic mass is 32.1. The largest absolute Gasteiger partial charge is 0.437 e. The lowest BCUT2D eigenvalue weighted by Crippen LogP contribution is -1.85. The first-order valence-corrected chi connectivity index (χ1v) is 7.53. The quantitative estimate of drug-likeness (QED) is 0.574. The Hall–Kier alpha value is -2.86. The number of thiazole rings is 1. The van der Waals surface area contributed by atoms with Crippen molar-refractivity contribution in [2.75, 3.05) is 0 Å². The number of para-hydroxylation sites is 2. The number of hydrogen-bond acceptors (Lipinski definition) is 6. The third-order valence-corrected chi connectivity index (χ3v) is 3.84. The van der Waals surface area contributed by atoms with E-state index >= 15 is 0 Å². The van der Waals surface area contributed by atoms with Crippen LogP contribution in [-0.4, -0.2) is 19.9 Å². The fraction of sp³-hybridized carbons (Fsp3) is 0. The van der Waals surface area contributed by atoms with Gasteiger partial charge in [0, 0.05) is 23.8 Å². The number of rotatable bonds is 3. The van der Waals surface area contributed by atoms with Crippen LogP contribution in [0.1, 0.15) is 11.6 Å². The number of fused-ring (bicyclic) bond motifs is 1. The Kier molecular flexibility index (Phi) is 3.21. The molecule has 3 aromatic heterocycles. The molecule has 0 amide bonds. The molecule has 5 nitrogen and oxygen atoms in total. The minimum Gasteiger partial charge on any atom is -0.437 e. The van der Waals surface area contributed by atoms with E-state index in [4.69, 9.17) is 4.42 Å². The molecule has 0 N–H and O–H groups in total. The molecule has 6 heteroatoms. The van der Waals surface area contributed by atoms with Gasteiger partial charge in [-0.05, 0) is 24.3 Å². The number of benzene rings is 1. The van der Waals surface area contributed by atoms with Crippen molar-refractivity contribution in [3.8, 4) is 10.8 Å². The molecule has 0 aliphatic rings. The van der Waals surface area contributed by atoms with Crippen LogP contribution in [-0.2, 0) is 0 Å². The molecule has 106 valence electrons. The van der Waals surface area contributed by atoms with Gasteiger partial charge in [0.05, 0.1) is 5.69 Å². The van der Waals surface area contributed by atoms with Crippen molar-refractivity contribution in [2.24, 2.45) is 0 Å². The Balaban J connectivity index is 1.59. The van der Waals surface area contributed by atoms with Crippen molar-refractivity contribution in [2.45, 2.75) is 0 Å². The summed E-state index contributed by atoms with van der Waals surface area (Å²) in [5.74, 6) is 1.20. The number of hydrogen-bond donors (Lipinski definition) is 0. The van der Waals surface area contributed by atoms with Gasteiger partial charge in [0.1, 0.15) is 5.52 Å². The first kappa shape index (κ1) is 12.8. The van der Waals surface area contributed by atoms with E-state index in [0.29, 0.717) is 11.7 Å². The third-order valence-electron chi connectivity index (χ3n) is 2.99. The predicted octanol–water partition coefficient (Wildman–Crippen LogP) is 3.91. The second-order valence-corrected chi connectivity index (χ2v) is 5.36. The van der Waals surface area contributed by atoms with Crippen molar-refractivity contribution < 1.29 is 4.42 Å². The van der Waals surface area contributed by atoms with Crippen LogP contribution in [0.3, 0.4) is 0 Å². The predicted molar refractivity (Wildman–Crippen MR) is 86.1 cm³/mol. The average Bonchev–Trinajstić information content (AvgIpc) is 3.20. The maximum Gasteiger partial charge on any atom is 0.220 e. The first-order chi connectivity index (χ1) is 10.9. The highest BCUT2D eigenvalue weighted by Gasteiger charge is 2.06. The van der Waals surface area contributed by atoms with Crippen molar-refractivity contribution in [3.63, 3.8) is 0 Å². The minimum absolute atomic E-state index is 0.562. The lowest BCUT2D eigenvalue weighted by molar-refractivity contribution is 0.589. The summed E-state index contributed by atoms with van der Waals surface area (Å²) in [6.07, 6.45) is 7.09. The highest BCUT2D eigenvalue weighted by Crippen LogP contribution is 2.21. The molecule has 1 aromatic carbocycles. The summed E-state index contributed by atoms with van der Waals surface area (Å²) in [4.78, 5) is 17.3. The van der Waals surface area contributed by atoms with E-state index in [1.54, 1.807) is 18.5 Å². The molecule has 0 spiro atoms. The maximum atomic E-state index is 5.63. The van der Waals surface area contributed by atoms with Crippen LogP contribution < -0.4 is 0 Å². The number of oxazole rings is 1. The molecular weight excluding hydrogens is 296 g/mol. The fourth-order valence-corrected chi connectivity index (χ4v) is 2.73. The van der Waals surface area contributed by atoms with E-state index in [2.05, 4.69) is 19.9 Å². The Bertz CT molecular complexity index is 910. The summed E-state index contributed by atoms with van der Waals surface area (Å²) in [6, 6.07) is 9.46. The summed E-state index contributed by atoms with van der Waals surface area (Å²) in [7, 11) is 0. The monoisotopic (exact) mass is 306 g/mol. The van der Waals surface area contributed by atoms with Gasteiger partial charge in [-0.15, -0.1) is 11.3 Å². The first-order valence-electron chi connectivity index (χ1n) is 6.65. The van der Waals surface area contributed by atoms with Crippen LogP contribution in [0.4, 0.5) is 0 Å². The molecule has 3 heterocycles. The molecule has 0 saturated carbocycles. The molecule has 0 bridgehead atoms. The van der Waals surface area contributed by atoms with Crippen LogP contribution >= 0.6 is 11.3 Å². The summed E-state index contributed by atoms with van der Waals surface area (Å²) < 4.78 is 5.63. The Morgan fingerprint density at radius 2 is 1.82 bits per heavy atom. The molecule has 4 aromatic rings. The van der Waals surface area contributed by atoms with E-state index in [-0.39, 0.29) is 0 Å².